The maximum Gasteiger partial charge on any atom is 0.159 e. The molecule has 10 atom stereocenters. The minimum absolute atomic E-state index is 0.0928. The van der Waals surface area contributed by atoms with Crippen LogP contribution in [0.3, 0.4) is 0 Å². The molecule has 0 aromatic heterocycles. The number of hydrogen-bond acceptors (Lipinski definition) is 3. The van der Waals surface area contributed by atoms with E-state index in [0.29, 0.717) is 24.2 Å². The van der Waals surface area contributed by atoms with Crippen LogP contribution in [0, 0.1) is 52.3 Å². The molecule has 32 heavy (non-hydrogen) atoms. The molecule has 0 saturated heterocycles. The van der Waals surface area contributed by atoms with Gasteiger partial charge in [0.25, 0.3) is 0 Å². The lowest BCUT2D eigenvalue weighted by molar-refractivity contribution is -0.140. The van der Waals surface area contributed by atoms with Crippen molar-refractivity contribution in [3.63, 3.8) is 0 Å². The quantitative estimate of drug-likeness (QED) is 0.515. The number of carbonyl (C=O) groups is 1. The van der Waals surface area contributed by atoms with E-state index in [1.807, 2.05) is 6.08 Å². The van der Waals surface area contributed by atoms with Crippen molar-refractivity contribution < 1.29 is 15.0 Å². The van der Waals surface area contributed by atoms with Crippen LogP contribution in [0.15, 0.2) is 11.6 Å². The van der Waals surface area contributed by atoms with E-state index in [1.165, 1.54) is 37.7 Å². The molecule has 3 saturated carbocycles. The van der Waals surface area contributed by atoms with Gasteiger partial charge < -0.3 is 10.2 Å². The van der Waals surface area contributed by atoms with Crippen LogP contribution in [0.5, 0.6) is 0 Å². The summed E-state index contributed by atoms with van der Waals surface area (Å²) in [4.78, 5) is 13.3. The zero-order valence-corrected chi connectivity index (χ0v) is 21.4. The summed E-state index contributed by atoms with van der Waals surface area (Å²) in [7, 11) is 0. The van der Waals surface area contributed by atoms with Gasteiger partial charge in [0, 0.05) is 11.8 Å². The Hall–Kier alpha value is -0.670. The van der Waals surface area contributed by atoms with Crippen molar-refractivity contribution in [3.05, 3.63) is 11.6 Å². The van der Waals surface area contributed by atoms with E-state index >= 15 is 0 Å². The Morgan fingerprint density at radius 1 is 1.03 bits per heavy atom. The van der Waals surface area contributed by atoms with Gasteiger partial charge in [-0.1, -0.05) is 60.0 Å². The fourth-order valence-corrected chi connectivity index (χ4v) is 9.13. The Morgan fingerprint density at radius 2 is 1.75 bits per heavy atom. The Morgan fingerprint density at radius 3 is 2.41 bits per heavy atom. The van der Waals surface area contributed by atoms with Gasteiger partial charge in [0.1, 0.15) is 0 Å². The third-order valence-electron chi connectivity index (χ3n) is 11.0. The summed E-state index contributed by atoms with van der Waals surface area (Å²) in [6, 6.07) is 0. The van der Waals surface area contributed by atoms with Crippen LogP contribution in [-0.2, 0) is 4.79 Å². The SMILES string of the molecule is CC[C@H](CC[C@@H](C)[C@H]1CC[C@H]2C3=CC(=O)C4CC(O)CC[C@]4(C)[C@H]3C(O)C[C@]12C)C(C)C. The van der Waals surface area contributed by atoms with Gasteiger partial charge in [-0.05, 0) is 91.4 Å². The molecule has 0 aromatic carbocycles. The van der Waals surface area contributed by atoms with E-state index in [4.69, 9.17) is 0 Å². The minimum atomic E-state index is -0.370. The smallest absolute Gasteiger partial charge is 0.159 e. The molecule has 3 fully saturated rings. The van der Waals surface area contributed by atoms with Crippen molar-refractivity contribution in [2.75, 3.05) is 0 Å². The van der Waals surface area contributed by atoms with Gasteiger partial charge in [-0.25, -0.2) is 0 Å². The Kier molecular flexibility index (Phi) is 6.75. The summed E-state index contributed by atoms with van der Waals surface area (Å²) < 4.78 is 0. The predicted molar refractivity (Wildman–Crippen MR) is 130 cm³/mol. The number of fused-ring (bicyclic) bond motifs is 5. The van der Waals surface area contributed by atoms with Gasteiger partial charge in [0.2, 0.25) is 0 Å². The van der Waals surface area contributed by atoms with Crippen LogP contribution in [0.4, 0.5) is 0 Å². The van der Waals surface area contributed by atoms with Crippen LogP contribution in [0.1, 0.15) is 99.3 Å². The summed E-state index contributed by atoms with van der Waals surface area (Å²) in [5.74, 6) is 3.46. The van der Waals surface area contributed by atoms with Gasteiger partial charge in [-0.15, -0.1) is 0 Å². The molecule has 3 nitrogen and oxygen atoms in total. The van der Waals surface area contributed by atoms with Gasteiger partial charge in [-0.2, -0.15) is 0 Å². The molecule has 0 amide bonds. The fourth-order valence-electron chi connectivity index (χ4n) is 9.13. The summed E-state index contributed by atoms with van der Waals surface area (Å²) in [6.45, 7) is 14.1. The first-order valence-corrected chi connectivity index (χ1v) is 13.6. The molecule has 0 heterocycles. The molecule has 0 radical (unpaired) electrons. The summed E-state index contributed by atoms with van der Waals surface area (Å²) in [5.41, 5.74) is 1.17. The number of carbonyl (C=O) groups excluding carboxylic acids is 1. The van der Waals surface area contributed by atoms with Crippen molar-refractivity contribution >= 4 is 5.78 Å². The molecule has 4 aliphatic carbocycles. The Bertz CT molecular complexity index is 741. The van der Waals surface area contributed by atoms with Crippen LogP contribution >= 0.6 is 0 Å². The van der Waals surface area contributed by atoms with Crippen molar-refractivity contribution in [2.24, 2.45) is 52.3 Å². The van der Waals surface area contributed by atoms with Crippen molar-refractivity contribution in [1.29, 1.82) is 0 Å². The first kappa shape index (κ1) is 24.5. The van der Waals surface area contributed by atoms with Crippen LogP contribution in [0.25, 0.3) is 0 Å². The monoisotopic (exact) mass is 444 g/mol. The zero-order chi connectivity index (χ0) is 23.4. The lowest BCUT2D eigenvalue weighted by Gasteiger charge is -2.58. The molecule has 182 valence electrons. The lowest BCUT2D eigenvalue weighted by atomic mass is 9.46. The van der Waals surface area contributed by atoms with Gasteiger partial charge >= 0.3 is 0 Å². The average Bonchev–Trinajstić information content (AvgIpc) is 3.06. The summed E-state index contributed by atoms with van der Waals surface area (Å²) in [5, 5.41) is 21.8. The third-order valence-corrected chi connectivity index (χ3v) is 11.0. The number of aliphatic hydroxyl groups is 2. The highest BCUT2D eigenvalue weighted by molar-refractivity contribution is 5.94. The van der Waals surface area contributed by atoms with Crippen LogP contribution in [-0.4, -0.2) is 28.2 Å². The molecule has 0 aliphatic heterocycles. The number of ketones is 1. The average molecular weight is 445 g/mol. The first-order chi connectivity index (χ1) is 15.0. The summed E-state index contributed by atoms with van der Waals surface area (Å²) in [6.07, 6.45) is 10.5. The third kappa shape index (κ3) is 3.84. The number of allylic oxidation sites excluding steroid dienone is 1. The number of hydrogen-bond donors (Lipinski definition) is 2. The van der Waals surface area contributed by atoms with Gasteiger partial charge in [0.05, 0.1) is 12.2 Å². The highest BCUT2D eigenvalue weighted by atomic mass is 16.3. The standard InChI is InChI=1S/C29H48O3/c1-7-19(17(2)3)9-8-18(4)22-10-11-23-21-15-25(31)24-14-20(30)12-13-28(24,5)27(21)26(32)16-29(22,23)6/h15,17-20,22-24,26-27,30,32H,7-14,16H2,1-6H3/t18-,19-,20?,22-,23+,24?,26?,27-,28+,29-/m1/s1. The fraction of sp³-hybridized carbons (Fsp3) is 0.897. The summed E-state index contributed by atoms with van der Waals surface area (Å²) >= 11 is 0. The molecular formula is C29H48O3. The van der Waals surface area contributed by atoms with Gasteiger partial charge in [-0.3, -0.25) is 4.79 Å². The lowest BCUT2D eigenvalue weighted by Crippen LogP contribution is -2.57. The normalized spacial score (nSPS) is 45.7. The largest absolute Gasteiger partial charge is 0.393 e. The second-order valence-corrected chi connectivity index (χ2v) is 13.0. The van der Waals surface area contributed by atoms with Gasteiger partial charge in [0.15, 0.2) is 5.78 Å². The Labute approximate surface area is 196 Å². The molecule has 0 bridgehead atoms. The van der Waals surface area contributed by atoms with E-state index in [1.54, 1.807) is 0 Å². The molecule has 4 aliphatic rings. The zero-order valence-electron chi connectivity index (χ0n) is 21.4. The first-order valence-electron chi connectivity index (χ1n) is 13.6. The topological polar surface area (TPSA) is 57.5 Å². The van der Waals surface area contributed by atoms with Crippen LogP contribution in [0.2, 0.25) is 0 Å². The van der Waals surface area contributed by atoms with Crippen LogP contribution < -0.4 is 0 Å². The minimum Gasteiger partial charge on any atom is -0.393 e. The van der Waals surface area contributed by atoms with E-state index in [9.17, 15) is 15.0 Å². The molecule has 0 aromatic rings. The second-order valence-electron chi connectivity index (χ2n) is 13.0. The van der Waals surface area contributed by atoms with E-state index in [-0.39, 0.29) is 40.7 Å². The molecule has 3 heteroatoms. The van der Waals surface area contributed by atoms with Crippen molar-refractivity contribution in [3.8, 4) is 0 Å². The number of rotatable bonds is 6. The van der Waals surface area contributed by atoms with E-state index in [2.05, 4.69) is 41.5 Å². The molecule has 3 unspecified atom stereocenters. The van der Waals surface area contributed by atoms with E-state index in [0.717, 1.165) is 31.1 Å². The molecular weight excluding hydrogens is 396 g/mol. The molecule has 4 rings (SSSR count). The molecule has 0 spiro atoms. The van der Waals surface area contributed by atoms with Crippen molar-refractivity contribution in [2.45, 2.75) is 112 Å². The van der Waals surface area contributed by atoms with E-state index < -0.39 is 0 Å². The highest BCUT2D eigenvalue weighted by Gasteiger charge is 2.62. The maximum absolute atomic E-state index is 13.3. The second kappa shape index (κ2) is 8.84. The predicted octanol–water partition coefficient (Wildman–Crippen LogP) is 6.17. The Balaban J connectivity index is 1.58. The van der Waals surface area contributed by atoms with Crippen molar-refractivity contribution in [1.82, 2.24) is 0 Å². The highest BCUT2D eigenvalue weighted by Crippen LogP contribution is 2.66. The molecule has 2 N–H and O–H groups in total. The number of aliphatic hydroxyl groups excluding tert-OH is 2. The maximum atomic E-state index is 13.3.